The average Bonchev–Trinajstić information content (AvgIpc) is 3.56. The van der Waals surface area contributed by atoms with Gasteiger partial charge in [0.25, 0.3) is 0 Å². The third-order valence-corrected chi connectivity index (χ3v) is 7.84. The highest BCUT2D eigenvalue weighted by molar-refractivity contribution is 5.96. The zero-order valence-corrected chi connectivity index (χ0v) is 23.9. The van der Waals surface area contributed by atoms with Crippen LogP contribution in [0.2, 0.25) is 0 Å². The van der Waals surface area contributed by atoms with Gasteiger partial charge in [0.2, 0.25) is 0 Å². The number of aromatic nitrogens is 2. The molecule has 0 saturated heterocycles. The number of imidazole rings is 1. The van der Waals surface area contributed by atoms with Gasteiger partial charge in [0.05, 0.1) is 17.5 Å². The Morgan fingerprint density at radius 2 is 1.44 bits per heavy atom. The second-order valence-corrected chi connectivity index (χ2v) is 10.7. The largest absolute Gasteiger partial charge is 0.460 e. The summed E-state index contributed by atoms with van der Waals surface area (Å²) in [7, 11) is 0. The standard InChI is InChI=1S/C38H30N2O3/c1-26-39-33-25-30(20-21-34(33)40(26)23-22-37(41)42-31-12-6-3-7-13-31)28-16-18-29(19-17-28)38-32-14-8-9-15-35(32)43-36(38)24-27-10-4-2-5-11-27/h2-21,25H,22-24H2,1H3. The summed E-state index contributed by atoms with van der Waals surface area (Å²) in [6.45, 7) is 2.48. The van der Waals surface area contributed by atoms with Crippen molar-refractivity contribution in [2.45, 2.75) is 26.3 Å². The first kappa shape index (κ1) is 26.5. The first-order valence-corrected chi connectivity index (χ1v) is 14.5. The molecule has 7 aromatic rings. The van der Waals surface area contributed by atoms with E-state index in [0.29, 0.717) is 12.3 Å². The highest BCUT2D eigenvalue weighted by Crippen LogP contribution is 2.37. The van der Waals surface area contributed by atoms with Crippen LogP contribution in [0.15, 0.2) is 132 Å². The molecular formula is C38H30N2O3. The first-order chi connectivity index (χ1) is 21.1. The quantitative estimate of drug-likeness (QED) is 0.137. The van der Waals surface area contributed by atoms with Gasteiger partial charge in [-0.1, -0.05) is 97.1 Å². The molecule has 43 heavy (non-hydrogen) atoms. The Kier molecular flexibility index (Phi) is 7.05. The van der Waals surface area contributed by atoms with Gasteiger partial charge in [0.1, 0.15) is 22.9 Å². The van der Waals surface area contributed by atoms with Crippen molar-refractivity contribution in [2.24, 2.45) is 0 Å². The molecule has 0 bridgehead atoms. The van der Waals surface area contributed by atoms with E-state index in [2.05, 4.69) is 83.4 Å². The van der Waals surface area contributed by atoms with Crippen LogP contribution in [0, 0.1) is 6.92 Å². The number of carbonyl (C=O) groups is 1. The van der Waals surface area contributed by atoms with Crippen LogP contribution < -0.4 is 4.74 Å². The van der Waals surface area contributed by atoms with Crippen molar-refractivity contribution in [2.75, 3.05) is 0 Å². The minimum Gasteiger partial charge on any atom is -0.460 e. The molecule has 0 radical (unpaired) electrons. The Labute approximate surface area is 250 Å². The number of esters is 1. The molecule has 0 aliphatic carbocycles. The summed E-state index contributed by atoms with van der Waals surface area (Å²) in [6.07, 6.45) is 0.995. The molecule has 5 nitrogen and oxygen atoms in total. The molecule has 0 fully saturated rings. The highest BCUT2D eigenvalue weighted by atomic mass is 16.5. The number of rotatable bonds is 8. The van der Waals surface area contributed by atoms with Gasteiger partial charge in [-0.2, -0.15) is 0 Å². The van der Waals surface area contributed by atoms with Gasteiger partial charge in [-0.15, -0.1) is 0 Å². The van der Waals surface area contributed by atoms with Crippen molar-refractivity contribution in [3.63, 3.8) is 0 Å². The number of benzene rings is 5. The lowest BCUT2D eigenvalue weighted by molar-refractivity contribution is -0.134. The van der Waals surface area contributed by atoms with E-state index in [1.54, 1.807) is 12.1 Å². The lowest BCUT2D eigenvalue weighted by Gasteiger charge is -2.09. The maximum Gasteiger partial charge on any atom is 0.312 e. The van der Waals surface area contributed by atoms with Crippen LogP contribution in [0.5, 0.6) is 5.75 Å². The lowest BCUT2D eigenvalue weighted by atomic mass is 9.96. The van der Waals surface area contributed by atoms with E-state index in [1.807, 2.05) is 43.3 Å². The fraction of sp³-hybridized carbons (Fsp3) is 0.105. The molecule has 0 atom stereocenters. The summed E-state index contributed by atoms with van der Waals surface area (Å²) < 4.78 is 13.9. The van der Waals surface area contributed by atoms with Crippen LogP contribution in [0.3, 0.4) is 0 Å². The zero-order chi connectivity index (χ0) is 29.2. The maximum absolute atomic E-state index is 12.4. The summed E-state index contributed by atoms with van der Waals surface area (Å²) >= 11 is 0. The Bertz CT molecular complexity index is 2040. The number of carbonyl (C=O) groups excluding carboxylic acids is 1. The van der Waals surface area contributed by atoms with Crippen molar-refractivity contribution in [3.05, 3.63) is 145 Å². The van der Waals surface area contributed by atoms with Crippen molar-refractivity contribution in [3.8, 4) is 28.0 Å². The first-order valence-electron chi connectivity index (χ1n) is 14.5. The third-order valence-electron chi connectivity index (χ3n) is 7.84. The van der Waals surface area contributed by atoms with Crippen LogP contribution in [0.4, 0.5) is 0 Å². The molecule has 7 rings (SSSR count). The van der Waals surface area contributed by atoms with E-state index >= 15 is 0 Å². The molecule has 0 spiro atoms. The number of nitrogens with zero attached hydrogens (tertiary/aromatic N) is 2. The molecule has 2 aromatic heterocycles. The van der Waals surface area contributed by atoms with Crippen LogP contribution >= 0.6 is 0 Å². The van der Waals surface area contributed by atoms with Gasteiger partial charge in [0, 0.05) is 23.9 Å². The van der Waals surface area contributed by atoms with Crippen LogP contribution in [-0.2, 0) is 17.8 Å². The number of ether oxygens (including phenoxy) is 1. The van der Waals surface area contributed by atoms with Crippen LogP contribution in [0.1, 0.15) is 23.6 Å². The topological polar surface area (TPSA) is 57.3 Å². The summed E-state index contributed by atoms with van der Waals surface area (Å²) in [5.74, 6) is 2.13. The normalized spacial score (nSPS) is 11.3. The van der Waals surface area contributed by atoms with Gasteiger partial charge in [-0.05, 0) is 59.5 Å². The number of furan rings is 1. The summed E-state index contributed by atoms with van der Waals surface area (Å²) in [4.78, 5) is 17.2. The van der Waals surface area contributed by atoms with Gasteiger partial charge >= 0.3 is 5.97 Å². The second-order valence-electron chi connectivity index (χ2n) is 10.7. The Hall–Kier alpha value is -5.42. The summed E-state index contributed by atoms with van der Waals surface area (Å²) in [5.41, 5.74) is 8.50. The van der Waals surface area contributed by atoms with Gasteiger partial charge in [-0.25, -0.2) is 4.98 Å². The predicted octanol–water partition coefficient (Wildman–Crippen LogP) is 9.01. The van der Waals surface area contributed by atoms with Crippen molar-refractivity contribution >= 4 is 28.0 Å². The van der Waals surface area contributed by atoms with Crippen molar-refractivity contribution in [1.82, 2.24) is 9.55 Å². The zero-order valence-electron chi connectivity index (χ0n) is 23.9. The molecule has 210 valence electrons. The Balaban J connectivity index is 1.13. The predicted molar refractivity (Wildman–Crippen MR) is 171 cm³/mol. The van der Waals surface area contributed by atoms with Gasteiger partial charge in [-0.3, -0.25) is 4.79 Å². The maximum atomic E-state index is 12.4. The van der Waals surface area contributed by atoms with E-state index < -0.39 is 0 Å². The minimum absolute atomic E-state index is 0.263. The number of hydrogen-bond donors (Lipinski definition) is 0. The number of para-hydroxylation sites is 2. The molecule has 5 heteroatoms. The number of hydrogen-bond acceptors (Lipinski definition) is 4. The molecule has 0 amide bonds. The molecule has 2 heterocycles. The number of aryl methyl sites for hydroxylation is 2. The van der Waals surface area contributed by atoms with E-state index in [0.717, 1.165) is 62.3 Å². The molecule has 0 unspecified atom stereocenters. The Morgan fingerprint density at radius 1 is 0.767 bits per heavy atom. The average molecular weight is 563 g/mol. The van der Waals surface area contributed by atoms with Crippen molar-refractivity contribution in [1.29, 1.82) is 0 Å². The summed E-state index contributed by atoms with van der Waals surface area (Å²) in [6, 6.07) is 42.8. The molecule has 5 aromatic carbocycles. The smallest absolute Gasteiger partial charge is 0.312 e. The van der Waals surface area contributed by atoms with E-state index in [9.17, 15) is 4.79 Å². The fourth-order valence-electron chi connectivity index (χ4n) is 5.73. The van der Waals surface area contributed by atoms with Crippen molar-refractivity contribution < 1.29 is 13.9 Å². The fourth-order valence-corrected chi connectivity index (χ4v) is 5.73. The van der Waals surface area contributed by atoms with Crippen LogP contribution in [0.25, 0.3) is 44.3 Å². The molecule has 0 aliphatic rings. The van der Waals surface area contributed by atoms with E-state index in [4.69, 9.17) is 14.1 Å². The van der Waals surface area contributed by atoms with E-state index in [1.165, 1.54) is 5.56 Å². The monoisotopic (exact) mass is 562 g/mol. The molecule has 0 N–H and O–H groups in total. The SMILES string of the molecule is Cc1nc2cc(-c3ccc(-c4c(Cc5ccccc5)oc5ccccc45)cc3)ccc2n1CCC(=O)Oc1ccccc1. The molecule has 0 aliphatic heterocycles. The van der Waals surface area contributed by atoms with E-state index in [-0.39, 0.29) is 12.4 Å². The van der Waals surface area contributed by atoms with Crippen LogP contribution in [-0.4, -0.2) is 15.5 Å². The summed E-state index contributed by atoms with van der Waals surface area (Å²) in [5, 5.41) is 1.12. The lowest BCUT2D eigenvalue weighted by Crippen LogP contribution is -2.12. The minimum atomic E-state index is -0.263. The van der Waals surface area contributed by atoms with Gasteiger partial charge in [0.15, 0.2) is 0 Å². The second kappa shape index (κ2) is 11.5. The van der Waals surface area contributed by atoms with Gasteiger partial charge < -0.3 is 13.7 Å². The molecule has 0 saturated carbocycles. The number of fused-ring (bicyclic) bond motifs is 2. The third kappa shape index (κ3) is 5.45. The highest BCUT2D eigenvalue weighted by Gasteiger charge is 2.17. The molecular weight excluding hydrogens is 532 g/mol. The Morgan fingerprint density at radius 3 is 2.23 bits per heavy atom.